The van der Waals surface area contributed by atoms with Crippen LogP contribution in [0.25, 0.3) is 0 Å². The van der Waals surface area contributed by atoms with Crippen molar-refractivity contribution in [1.82, 2.24) is 0 Å². The average molecular weight is 681 g/mol. The van der Waals surface area contributed by atoms with Gasteiger partial charge < -0.3 is 30.6 Å². The molecule has 3 aromatic carbocycles. The summed E-state index contributed by atoms with van der Waals surface area (Å²) in [6, 6.07) is 28.2. The monoisotopic (exact) mass is 680 g/mol. The molecule has 0 heterocycles. The Morgan fingerprint density at radius 1 is 0.533 bits per heavy atom. The lowest BCUT2D eigenvalue weighted by Crippen LogP contribution is -2.32. The summed E-state index contributed by atoms with van der Waals surface area (Å²) in [7, 11) is 0. The van der Waals surface area contributed by atoms with Crippen LogP contribution in [0.2, 0.25) is 0 Å². The van der Waals surface area contributed by atoms with Crippen LogP contribution in [0.4, 0.5) is 0 Å². The van der Waals surface area contributed by atoms with Crippen molar-refractivity contribution < 1.29 is 45.0 Å². The molecule has 0 saturated carbocycles. The van der Waals surface area contributed by atoms with Gasteiger partial charge in [-0.2, -0.15) is 37.9 Å². The highest BCUT2D eigenvalue weighted by atomic mass is 32.1. The number of thiol groups is 3. The first-order valence-corrected chi connectivity index (χ1v) is 15.6. The van der Waals surface area contributed by atoms with Crippen LogP contribution in [0.5, 0.6) is 0 Å². The standard InChI is InChI=1S/3C9H10O2S.C6H14O3/c3*10-9(11)6-8(12)7-4-2-1-3-5-7;1-2-6(3-7,4-8)5-9/h3*1-5,8,12H,6H2,(H,10,11);7-9H,2-5H2,1H3. The third-order valence-electron chi connectivity index (χ3n) is 6.41. The molecule has 248 valence electrons. The lowest BCUT2D eigenvalue weighted by atomic mass is 9.88. The zero-order valence-electron chi connectivity index (χ0n) is 25.1. The van der Waals surface area contributed by atoms with Crippen molar-refractivity contribution in [2.45, 2.75) is 48.4 Å². The van der Waals surface area contributed by atoms with Gasteiger partial charge in [0.05, 0.1) is 39.1 Å². The number of carboxylic acid groups (broad SMARTS) is 3. The Labute approximate surface area is 281 Å². The second kappa shape index (κ2) is 24.3. The first kappa shape index (κ1) is 42.0. The number of carbonyl (C=O) groups is 3. The maximum atomic E-state index is 10.3. The zero-order valence-corrected chi connectivity index (χ0v) is 27.8. The molecule has 0 bridgehead atoms. The molecule has 6 N–H and O–H groups in total. The fourth-order valence-electron chi connectivity index (χ4n) is 3.36. The SMILES string of the molecule is CCC(CO)(CO)CO.O=C(O)CC(S)c1ccccc1.O=C(O)CC(S)c1ccccc1.O=C(O)CC(S)c1ccccc1. The predicted molar refractivity (Wildman–Crippen MR) is 185 cm³/mol. The molecule has 12 heteroatoms. The summed E-state index contributed by atoms with van der Waals surface area (Å²) in [6.07, 6.45) is 0.782. The molecular weight excluding hydrogens is 637 g/mol. The van der Waals surface area contributed by atoms with Gasteiger partial charge in [-0.25, -0.2) is 0 Å². The van der Waals surface area contributed by atoms with Crippen LogP contribution >= 0.6 is 37.9 Å². The van der Waals surface area contributed by atoms with Gasteiger partial charge in [-0.05, 0) is 23.1 Å². The van der Waals surface area contributed by atoms with Gasteiger partial charge in [0.1, 0.15) is 0 Å². The van der Waals surface area contributed by atoms with Gasteiger partial charge in [-0.1, -0.05) is 97.9 Å². The van der Waals surface area contributed by atoms with Crippen molar-refractivity contribution in [3.05, 3.63) is 108 Å². The highest BCUT2D eigenvalue weighted by Gasteiger charge is 2.24. The largest absolute Gasteiger partial charge is 0.481 e. The van der Waals surface area contributed by atoms with Crippen molar-refractivity contribution in [2.75, 3.05) is 19.8 Å². The Kier molecular flexibility index (Phi) is 22.6. The maximum Gasteiger partial charge on any atom is 0.304 e. The molecule has 0 fully saturated rings. The van der Waals surface area contributed by atoms with Crippen LogP contribution in [0.15, 0.2) is 91.0 Å². The molecule has 0 aliphatic rings. The van der Waals surface area contributed by atoms with Crippen LogP contribution in [-0.2, 0) is 14.4 Å². The Morgan fingerprint density at radius 2 is 0.756 bits per heavy atom. The molecule has 0 amide bonds. The maximum absolute atomic E-state index is 10.3. The molecule has 0 spiro atoms. The molecule has 3 unspecified atom stereocenters. The Morgan fingerprint density at radius 3 is 0.889 bits per heavy atom. The van der Waals surface area contributed by atoms with E-state index in [1.165, 1.54) is 0 Å². The number of hydrogen-bond donors (Lipinski definition) is 9. The van der Waals surface area contributed by atoms with Gasteiger partial charge in [0.25, 0.3) is 0 Å². The molecule has 0 aliphatic carbocycles. The molecule has 9 nitrogen and oxygen atoms in total. The molecule has 3 atom stereocenters. The van der Waals surface area contributed by atoms with E-state index in [9.17, 15) is 14.4 Å². The molecule has 0 radical (unpaired) electrons. The first-order chi connectivity index (χ1) is 21.3. The molecule has 0 aliphatic heterocycles. The van der Waals surface area contributed by atoms with Crippen molar-refractivity contribution in [3.8, 4) is 0 Å². The Bertz CT molecular complexity index is 1060. The number of hydrogen-bond acceptors (Lipinski definition) is 9. The van der Waals surface area contributed by atoms with E-state index in [4.69, 9.17) is 30.6 Å². The molecule has 3 rings (SSSR count). The topological polar surface area (TPSA) is 173 Å². The van der Waals surface area contributed by atoms with E-state index in [1.54, 1.807) is 0 Å². The Balaban J connectivity index is 0.000000578. The molecule has 45 heavy (non-hydrogen) atoms. The second-order valence-corrected chi connectivity index (χ2v) is 11.8. The van der Waals surface area contributed by atoms with Crippen LogP contribution in [0.3, 0.4) is 0 Å². The number of carboxylic acids is 3. The van der Waals surface area contributed by atoms with Crippen molar-refractivity contribution in [2.24, 2.45) is 5.41 Å². The van der Waals surface area contributed by atoms with Gasteiger partial charge >= 0.3 is 17.9 Å². The number of aliphatic hydroxyl groups is 3. The molecule has 3 aromatic rings. The lowest BCUT2D eigenvalue weighted by Gasteiger charge is -2.24. The van der Waals surface area contributed by atoms with Crippen LogP contribution in [0.1, 0.15) is 65.0 Å². The lowest BCUT2D eigenvalue weighted by molar-refractivity contribution is -0.138. The van der Waals surface area contributed by atoms with E-state index in [0.29, 0.717) is 6.42 Å². The summed E-state index contributed by atoms with van der Waals surface area (Å²) in [5.41, 5.74) is 2.18. The minimum atomic E-state index is -0.821. The number of rotatable bonds is 13. The van der Waals surface area contributed by atoms with Gasteiger partial charge in [0.2, 0.25) is 0 Å². The van der Waals surface area contributed by atoms with Gasteiger partial charge in [0, 0.05) is 21.2 Å². The minimum Gasteiger partial charge on any atom is -0.481 e. The van der Waals surface area contributed by atoms with Crippen molar-refractivity contribution in [1.29, 1.82) is 0 Å². The van der Waals surface area contributed by atoms with E-state index >= 15 is 0 Å². The van der Waals surface area contributed by atoms with Crippen LogP contribution in [-0.4, -0.2) is 68.4 Å². The zero-order chi connectivity index (χ0) is 34.3. The quantitative estimate of drug-likeness (QED) is 0.102. The summed E-state index contributed by atoms with van der Waals surface area (Å²) in [4.78, 5) is 31.0. The summed E-state index contributed by atoms with van der Waals surface area (Å²) < 4.78 is 0. The third kappa shape index (κ3) is 19.2. The fraction of sp³-hybridized carbons (Fsp3) is 0.364. The third-order valence-corrected chi connectivity index (χ3v) is 7.86. The second-order valence-electron chi connectivity index (χ2n) is 9.90. The smallest absolute Gasteiger partial charge is 0.304 e. The van der Waals surface area contributed by atoms with Crippen LogP contribution < -0.4 is 0 Å². The highest BCUT2D eigenvalue weighted by molar-refractivity contribution is 7.80. The van der Waals surface area contributed by atoms with E-state index in [1.807, 2.05) is 97.9 Å². The minimum absolute atomic E-state index is 0.0626. The van der Waals surface area contributed by atoms with Gasteiger partial charge in [0.15, 0.2) is 0 Å². The Hall–Kier alpha value is -3.00. The number of aliphatic hydroxyl groups excluding tert-OH is 3. The average Bonchev–Trinajstić information content (AvgIpc) is 3.04. The summed E-state index contributed by atoms with van der Waals surface area (Å²) in [5.74, 6) is -2.46. The summed E-state index contributed by atoms with van der Waals surface area (Å²) in [6.45, 7) is 1.35. The summed E-state index contributed by atoms with van der Waals surface area (Å²) in [5, 5.41) is 50.8. The van der Waals surface area contributed by atoms with E-state index in [2.05, 4.69) is 37.9 Å². The van der Waals surface area contributed by atoms with Crippen LogP contribution in [0, 0.1) is 5.41 Å². The van der Waals surface area contributed by atoms with Crippen molar-refractivity contribution >= 4 is 55.8 Å². The normalized spacial score (nSPS) is 12.3. The number of benzene rings is 3. The highest BCUT2D eigenvalue weighted by Crippen LogP contribution is 2.24. The predicted octanol–water partition coefficient (Wildman–Crippen LogP) is 5.76. The fourth-order valence-corrected chi connectivity index (χ4v) is 4.35. The van der Waals surface area contributed by atoms with Gasteiger partial charge in [-0.3, -0.25) is 14.4 Å². The van der Waals surface area contributed by atoms with Gasteiger partial charge in [-0.15, -0.1) is 0 Å². The molecule has 0 saturated heterocycles. The van der Waals surface area contributed by atoms with E-state index in [-0.39, 0.29) is 54.8 Å². The molecular formula is C33H44O9S3. The summed E-state index contributed by atoms with van der Waals surface area (Å²) >= 11 is 12.5. The van der Waals surface area contributed by atoms with Crippen molar-refractivity contribution in [3.63, 3.8) is 0 Å². The van der Waals surface area contributed by atoms with E-state index in [0.717, 1.165) is 16.7 Å². The molecule has 0 aromatic heterocycles. The first-order valence-electron chi connectivity index (χ1n) is 14.0. The van der Waals surface area contributed by atoms with E-state index < -0.39 is 23.3 Å². The number of aliphatic carboxylic acids is 3.